The van der Waals surface area contributed by atoms with E-state index in [9.17, 15) is 13.9 Å². The SMILES string of the molecule is CC1CN(CCC(N)c2cccc(F)c2F)CC(CO)O1. The molecule has 0 spiro atoms. The lowest BCUT2D eigenvalue weighted by atomic mass is 10.0. The van der Waals surface area contributed by atoms with Crippen LogP contribution in [0.25, 0.3) is 0 Å². The predicted molar refractivity (Wildman–Crippen MR) is 75.8 cm³/mol. The number of aliphatic hydroxyl groups excluding tert-OH is 1. The third kappa shape index (κ3) is 4.20. The summed E-state index contributed by atoms with van der Waals surface area (Å²) < 4.78 is 32.4. The highest BCUT2D eigenvalue weighted by Crippen LogP contribution is 2.21. The van der Waals surface area contributed by atoms with E-state index in [0.717, 1.165) is 12.6 Å². The Bertz CT molecular complexity index is 473. The number of rotatable bonds is 5. The van der Waals surface area contributed by atoms with Crippen LogP contribution in [0.5, 0.6) is 0 Å². The van der Waals surface area contributed by atoms with E-state index in [2.05, 4.69) is 4.90 Å². The number of nitrogens with two attached hydrogens (primary N) is 1. The van der Waals surface area contributed by atoms with Gasteiger partial charge in [-0.05, 0) is 19.4 Å². The zero-order valence-corrected chi connectivity index (χ0v) is 12.1. The number of hydrogen-bond donors (Lipinski definition) is 2. The van der Waals surface area contributed by atoms with E-state index < -0.39 is 17.7 Å². The molecule has 3 N–H and O–H groups in total. The van der Waals surface area contributed by atoms with Gasteiger partial charge in [-0.1, -0.05) is 12.1 Å². The standard InChI is InChI=1S/C15H22F2N2O2/c1-10-7-19(8-11(9-20)21-10)6-5-14(18)12-3-2-4-13(16)15(12)17/h2-4,10-11,14,20H,5-9,18H2,1H3. The van der Waals surface area contributed by atoms with Gasteiger partial charge in [-0.2, -0.15) is 0 Å². The van der Waals surface area contributed by atoms with E-state index in [1.54, 1.807) is 0 Å². The predicted octanol–water partition coefficient (Wildman–Crippen LogP) is 1.44. The second-order valence-electron chi connectivity index (χ2n) is 5.55. The minimum absolute atomic E-state index is 0.0224. The van der Waals surface area contributed by atoms with Crippen LogP contribution < -0.4 is 5.73 Å². The van der Waals surface area contributed by atoms with Gasteiger partial charge in [0.1, 0.15) is 0 Å². The molecule has 3 unspecified atom stereocenters. The number of nitrogens with zero attached hydrogens (tertiary/aromatic N) is 1. The summed E-state index contributed by atoms with van der Waals surface area (Å²) in [5.41, 5.74) is 6.17. The molecule has 1 saturated heterocycles. The van der Waals surface area contributed by atoms with Crippen molar-refractivity contribution >= 4 is 0 Å². The minimum Gasteiger partial charge on any atom is -0.394 e. The van der Waals surface area contributed by atoms with Crippen LogP contribution in [-0.2, 0) is 4.74 Å². The van der Waals surface area contributed by atoms with Crippen LogP contribution in [0.1, 0.15) is 24.9 Å². The Kier molecular flexibility index (Phi) is 5.64. The summed E-state index contributed by atoms with van der Waals surface area (Å²) >= 11 is 0. The fraction of sp³-hybridized carbons (Fsp3) is 0.600. The van der Waals surface area contributed by atoms with Crippen LogP contribution in [-0.4, -0.2) is 48.5 Å². The number of hydrogen-bond acceptors (Lipinski definition) is 4. The lowest BCUT2D eigenvalue weighted by Crippen LogP contribution is -2.48. The zero-order valence-electron chi connectivity index (χ0n) is 12.1. The summed E-state index contributed by atoms with van der Waals surface area (Å²) in [7, 11) is 0. The highest BCUT2D eigenvalue weighted by molar-refractivity contribution is 5.22. The van der Waals surface area contributed by atoms with Gasteiger partial charge in [0.25, 0.3) is 0 Å². The van der Waals surface area contributed by atoms with Crippen LogP contribution in [0.15, 0.2) is 18.2 Å². The first kappa shape index (κ1) is 16.3. The van der Waals surface area contributed by atoms with Crippen molar-refractivity contribution in [2.75, 3.05) is 26.2 Å². The number of ether oxygens (including phenoxy) is 1. The molecule has 0 saturated carbocycles. The average Bonchev–Trinajstić information content (AvgIpc) is 2.47. The molecule has 0 radical (unpaired) electrons. The fourth-order valence-corrected chi connectivity index (χ4v) is 2.71. The van der Waals surface area contributed by atoms with Gasteiger partial charge >= 0.3 is 0 Å². The van der Waals surface area contributed by atoms with E-state index in [4.69, 9.17) is 10.5 Å². The maximum atomic E-state index is 13.7. The molecule has 1 heterocycles. The monoisotopic (exact) mass is 300 g/mol. The Morgan fingerprint density at radius 3 is 2.90 bits per heavy atom. The molecule has 4 nitrogen and oxygen atoms in total. The molecule has 6 heteroatoms. The molecular weight excluding hydrogens is 278 g/mol. The Morgan fingerprint density at radius 1 is 1.43 bits per heavy atom. The molecule has 0 aromatic heterocycles. The summed E-state index contributed by atoms with van der Waals surface area (Å²) in [5.74, 6) is -1.74. The molecule has 1 aromatic carbocycles. The van der Waals surface area contributed by atoms with Crippen molar-refractivity contribution in [3.8, 4) is 0 Å². The quantitative estimate of drug-likeness (QED) is 0.864. The van der Waals surface area contributed by atoms with E-state index in [0.29, 0.717) is 19.5 Å². The van der Waals surface area contributed by atoms with E-state index in [1.807, 2.05) is 6.92 Å². The molecular formula is C15H22F2N2O2. The molecule has 1 aliphatic rings. The maximum Gasteiger partial charge on any atom is 0.163 e. The van der Waals surface area contributed by atoms with E-state index in [-0.39, 0.29) is 24.4 Å². The first-order chi connectivity index (χ1) is 10.0. The number of halogens is 2. The summed E-state index contributed by atoms with van der Waals surface area (Å²) in [6, 6.07) is 3.51. The van der Waals surface area contributed by atoms with Crippen LogP contribution in [0.2, 0.25) is 0 Å². The smallest absolute Gasteiger partial charge is 0.163 e. The summed E-state index contributed by atoms with van der Waals surface area (Å²) in [6.07, 6.45) is 0.361. The van der Waals surface area contributed by atoms with Gasteiger partial charge in [-0.3, -0.25) is 4.90 Å². The van der Waals surface area contributed by atoms with E-state index >= 15 is 0 Å². The Balaban J connectivity index is 1.91. The topological polar surface area (TPSA) is 58.7 Å². The molecule has 0 amide bonds. The third-order valence-corrected chi connectivity index (χ3v) is 3.74. The molecule has 118 valence electrons. The van der Waals surface area contributed by atoms with Crippen molar-refractivity contribution in [2.45, 2.75) is 31.6 Å². The van der Waals surface area contributed by atoms with Crippen molar-refractivity contribution in [1.29, 1.82) is 0 Å². The Labute approximate surface area is 123 Å². The van der Waals surface area contributed by atoms with Crippen LogP contribution in [0.4, 0.5) is 8.78 Å². The fourth-order valence-electron chi connectivity index (χ4n) is 2.71. The molecule has 0 bridgehead atoms. The second-order valence-corrected chi connectivity index (χ2v) is 5.55. The van der Waals surface area contributed by atoms with Crippen molar-refractivity contribution in [3.05, 3.63) is 35.4 Å². The number of morpholine rings is 1. The highest BCUT2D eigenvalue weighted by atomic mass is 19.2. The van der Waals surface area contributed by atoms with Crippen LogP contribution in [0, 0.1) is 11.6 Å². The summed E-state index contributed by atoms with van der Waals surface area (Å²) in [4.78, 5) is 2.13. The van der Waals surface area contributed by atoms with Gasteiger partial charge in [0.2, 0.25) is 0 Å². The first-order valence-electron chi connectivity index (χ1n) is 7.19. The normalized spacial score (nSPS) is 25.0. The molecule has 2 rings (SSSR count). The second kappa shape index (κ2) is 7.26. The molecule has 3 atom stereocenters. The van der Waals surface area contributed by atoms with Crippen molar-refractivity contribution in [2.24, 2.45) is 5.73 Å². The summed E-state index contributed by atoms with van der Waals surface area (Å²) in [5, 5.41) is 9.18. The average molecular weight is 300 g/mol. The zero-order chi connectivity index (χ0) is 15.4. The Hall–Kier alpha value is -1.08. The van der Waals surface area contributed by atoms with Gasteiger partial charge < -0.3 is 15.6 Å². The number of benzene rings is 1. The number of aliphatic hydroxyl groups is 1. The maximum absolute atomic E-state index is 13.7. The largest absolute Gasteiger partial charge is 0.394 e. The van der Waals surface area contributed by atoms with Gasteiger partial charge in [0.15, 0.2) is 11.6 Å². The first-order valence-corrected chi connectivity index (χ1v) is 7.19. The lowest BCUT2D eigenvalue weighted by molar-refractivity contribution is -0.0954. The van der Waals surface area contributed by atoms with Crippen molar-refractivity contribution < 1.29 is 18.6 Å². The molecule has 0 aliphatic carbocycles. The van der Waals surface area contributed by atoms with Gasteiger partial charge in [0, 0.05) is 31.2 Å². The van der Waals surface area contributed by atoms with E-state index in [1.165, 1.54) is 12.1 Å². The molecule has 1 aliphatic heterocycles. The van der Waals surface area contributed by atoms with Crippen molar-refractivity contribution in [1.82, 2.24) is 4.90 Å². The van der Waals surface area contributed by atoms with Crippen LogP contribution in [0.3, 0.4) is 0 Å². The van der Waals surface area contributed by atoms with Gasteiger partial charge in [0.05, 0.1) is 18.8 Å². The van der Waals surface area contributed by atoms with Crippen molar-refractivity contribution in [3.63, 3.8) is 0 Å². The Morgan fingerprint density at radius 2 is 2.19 bits per heavy atom. The van der Waals surface area contributed by atoms with Gasteiger partial charge in [-0.25, -0.2) is 8.78 Å². The minimum atomic E-state index is -0.872. The molecule has 21 heavy (non-hydrogen) atoms. The molecule has 1 fully saturated rings. The highest BCUT2D eigenvalue weighted by Gasteiger charge is 2.25. The third-order valence-electron chi connectivity index (χ3n) is 3.74. The molecule has 1 aromatic rings. The van der Waals surface area contributed by atoms with Gasteiger partial charge in [-0.15, -0.1) is 0 Å². The van der Waals surface area contributed by atoms with Crippen LogP contribution >= 0.6 is 0 Å². The summed E-state index contributed by atoms with van der Waals surface area (Å²) in [6.45, 7) is 3.95. The lowest BCUT2D eigenvalue weighted by Gasteiger charge is -2.36.